The summed E-state index contributed by atoms with van der Waals surface area (Å²) in [5.41, 5.74) is 0.207. The Morgan fingerprint density at radius 3 is 2.85 bits per heavy atom. The largest absolute Gasteiger partial charge is 0.478 e. The molecule has 6 heteroatoms. The molecule has 0 saturated heterocycles. The third-order valence-electron chi connectivity index (χ3n) is 2.88. The van der Waals surface area contributed by atoms with Crippen molar-refractivity contribution in [3.05, 3.63) is 45.7 Å². The van der Waals surface area contributed by atoms with Crippen molar-refractivity contribution in [3.8, 4) is 0 Å². The minimum Gasteiger partial charge on any atom is -0.478 e. The van der Waals surface area contributed by atoms with Crippen molar-refractivity contribution in [1.29, 1.82) is 0 Å². The van der Waals surface area contributed by atoms with Gasteiger partial charge in [0.1, 0.15) is 10.8 Å². The van der Waals surface area contributed by atoms with Crippen molar-refractivity contribution in [2.24, 2.45) is 0 Å². The highest BCUT2D eigenvalue weighted by molar-refractivity contribution is 7.11. The van der Waals surface area contributed by atoms with Gasteiger partial charge in [-0.3, -0.25) is 0 Å². The van der Waals surface area contributed by atoms with Gasteiger partial charge in [0, 0.05) is 11.1 Å². The molecule has 20 heavy (non-hydrogen) atoms. The highest BCUT2D eigenvalue weighted by Crippen LogP contribution is 2.25. The van der Waals surface area contributed by atoms with Crippen LogP contribution in [0.1, 0.15) is 40.1 Å². The number of carboxylic acids is 1. The van der Waals surface area contributed by atoms with Crippen molar-refractivity contribution in [3.63, 3.8) is 0 Å². The van der Waals surface area contributed by atoms with E-state index < -0.39 is 11.8 Å². The van der Waals surface area contributed by atoms with E-state index in [4.69, 9.17) is 5.11 Å². The lowest BCUT2D eigenvalue weighted by Crippen LogP contribution is -2.08. The lowest BCUT2D eigenvalue weighted by Gasteiger charge is -2.13. The predicted octanol–water partition coefficient (Wildman–Crippen LogP) is 3.72. The molecule has 0 fully saturated rings. The first kappa shape index (κ1) is 14.5. The van der Waals surface area contributed by atoms with Gasteiger partial charge in [-0.2, -0.15) is 0 Å². The molecule has 1 heterocycles. The van der Waals surface area contributed by atoms with Gasteiger partial charge in [0.15, 0.2) is 0 Å². The smallest absolute Gasteiger partial charge is 0.335 e. The second-order valence-corrected chi connectivity index (χ2v) is 5.53. The van der Waals surface area contributed by atoms with E-state index in [2.05, 4.69) is 17.2 Å². The third-order valence-corrected chi connectivity index (χ3v) is 4.20. The molecule has 2 aromatic rings. The van der Waals surface area contributed by atoms with Crippen LogP contribution in [0.2, 0.25) is 0 Å². The van der Waals surface area contributed by atoms with Crippen LogP contribution in [-0.4, -0.2) is 16.1 Å². The molecular formula is C14H15FN2O2S. The molecule has 0 radical (unpaired) electrons. The van der Waals surface area contributed by atoms with Gasteiger partial charge in [-0.15, -0.1) is 11.3 Å². The van der Waals surface area contributed by atoms with Crippen molar-refractivity contribution in [2.45, 2.75) is 26.3 Å². The lowest BCUT2D eigenvalue weighted by atomic mass is 10.2. The number of carboxylic acid groups (broad SMARTS) is 1. The van der Waals surface area contributed by atoms with Crippen LogP contribution in [-0.2, 0) is 6.42 Å². The zero-order valence-electron chi connectivity index (χ0n) is 11.2. The number of hydrogen-bond donors (Lipinski definition) is 2. The van der Waals surface area contributed by atoms with Gasteiger partial charge in [-0.25, -0.2) is 14.2 Å². The number of aryl methyl sites for hydroxylation is 1. The quantitative estimate of drug-likeness (QED) is 0.882. The minimum absolute atomic E-state index is 0.0665. The molecule has 0 spiro atoms. The third kappa shape index (κ3) is 3.14. The molecule has 2 rings (SSSR count). The van der Waals surface area contributed by atoms with Gasteiger partial charge < -0.3 is 10.4 Å². The number of aromatic carboxylic acids is 1. The summed E-state index contributed by atoms with van der Waals surface area (Å²) in [6.07, 6.45) is 2.74. The summed E-state index contributed by atoms with van der Waals surface area (Å²) >= 11 is 1.58. The Labute approximate surface area is 120 Å². The molecule has 0 saturated carbocycles. The number of nitrogens with one attached hydrogen (secondary N) is 1. The molecule has 1 atom stereocenters. The zero-order valence-corrected chi connectivity index (χ0v) is 12.0. The maximum atomic E-state index is 13.8. The highest BCUT2D eigenvalue weighted by Gasteiger charge is 2.13. The SMILES string of the molecule is CCc1cnc(C(C)Nc2ccc(C(=O)O)cc2F)s1. The van der Waals surface area contributed by atoms with Gasteiger partial charge in [0.25, 0.3) is 0 Å². The van der Waals surface area contributed by atoms with E-state index >= 15 is 0 Å². The van der Waals surface area contributed by atoms with Crippen LogP contribution in [0.3, 0.4) is 0 Å². The Morgan fingerprint density at radius 1 is 1.55 bits per heavy atom. The number of carbonyl (C=O) groups is 1. The number of nitrogens with zero attached hydrogens (tertiary/aromatic N) is 1. The fourth-order valence-corrected chi connectivity index (χ4v) is 2.61. The molecule has 1 unspecified atom stereocenters. The van der Waals surface area contributed by atoms with E-state index in [0.29, 0.717) is 0 Å². The first-order valence-corrected chi connectivity index (χ1v) is 7.07. The summed E-state index contributed by atoms with van der Waals surface area (Å²) in [7, 11) is 0. The molecule has 106 valence electrons. The fourth-order valence-electron chi connectivity index (χ4n) is 1.75. The first-order chi connectivity index (χ1) is 9.51. The lowest BCUT2D eigenvalue weighted by molar-refractivity contribution is 0.0696. The van der Waals surface area contributed by atoms with Gasteiger partial charge in [0.05, 0.1) is 17.3 Å². The topological polar surface area (TPSA) is 62.2 Å². The first-order valence-electron chi connectivity index (χ1n) is 6.25. The van der Waals surface area contributed by atoms with E-state index in [1.54, 1.807) is 11.3 Å². The standard InChI is InChI=1S/C14H15FN2O2S/c1-3-10-7-16-13(20-10)8(2)17-12-5-4-9(14(18)19)6-11(12)15/h4-8,17H,3H2,1-2H3,(H,18,19). The Bertz CT molecular complexity index is 627. The second-order valence-electron chi connectivity index (χ2n) is 4.38. The molecule has 1 aromatic heterocycles. The van der Waals surface area contributed by atoms with Gasteiger partial charge >= 0.3 is 5.97 Å². The average molecular weight is 294 g/mol. The maximum absolute atomic E-state index is 13.8. The predicted molar refractivity (Wildman–Crippen MR) is 76.9 cm³/mol. The van der Waals surface area contributed by atoms with Gasteiger partial charge in [-0.05, 0) is 31.5 Å². The van der Waals surface area contributed by atoms with E-state index in [1.807, 2.05) is 13.1 Å². The molecule has 0 aliphatic heterocycles. The van der Waals surface area contributed by atoms with E-state index in [0.717, 1.165) is 17.5 Å². The molecule has 0 aliphatic carbocycles. The van der Waals surface area contributed by atoms with Crippen molar-refractivity contribution >= 4 is 23.0 Å². The summed E-state index contributed by atoms with van der Waals surface area (Å²) in [5, 5.41) is 12.7. The molecule has 1 aromatic carbocycles. The Balaban J connectivity index is 2.15. The van der Waals surface area contributed by atoms with Crippen molar-refractivity contribution in [2.75, 3.05) is 5.32 Å². The van der Waals surface area contributed by atoms with Crippen LogP contribution < -0.4 is 5.32 Å². The second kappa shape index (κ2) is 6.00. The number of hydrogen-bond acceptors (Lipinski definition) is 4. The van der Waals surface area contributed by atoms with Crippen LogP contribution in [0, 0.1) is 5.82 Å². The number of rotatable bonds is 5. The Kier molecular flexibility index (Phi) is 4.34. The van der Waals surface area contributed by atoms with E-state index in [-0.39, 0.29) is 17.3 Å². The summed E-state index contributed by atoms with van der Waals surface area (Å²) in [4.78, 5) is 16.2. The van der Waals surface area contributed by atoms with Crippen LogP contribution in [0.15, 0.2) is 24.4 Å². The molecule has 4 nitrogen and oxygen atoms in total. The number of benzene rings is 1. The minimum atomic E-state index is -1.14. The molecule has 0 amide bonds. The Hall–Kier alpha value is -1.95. The van der Waals surface area contributed by atoms with Gasteiger partial charge in [-0.1, -0.05) is 6.92 Å². The van der Waals surface area contributed by atoms with E-state index in [9.17, 15) is 9.18 Å². The monoisotopic (exact) mass is 294 g/mol. The van der Waals surface area contributed by atoms with Crippen LogP contribution >= 0.6 is 11.3 Å². The number of anilines is 1. The van der Waals surface area contributed by atoms with Crippen molar-refractivity contribution < 1.29 is 14.3 Å². The van der Waals surface area contributed by atoms with Gasteiger partial charge in [0.2, 0.25) is 0 Å². The Morgan fingerprint density at radius 2 is 2.30 bits per heavy atom. The number of aromatic nitrogens is 1. The fraction of sp³-hybridized carbons (Fsp3) is 0.286. The molecular weight excluding hydrogens is 279 g/mol. The average Bonchev–Trinajstić information content (AvgIpc) is 2.89. The molecule has 2 N–H and O–H groups in total. The summed E-state index contributed by atoms with van der Waals surface area (Å²) in [5.74, 6) is -1.72. The summed E-state index contributed by atoms with van der Waals surface area (Å²) in [6, 6.07) is 3.69. The van der Waals surface area contributed by atoms with Crippen molar-refractivity contribution in [1.82, 2.24) is 4.98 Å². The van der Waals surface area contributed by atoms with Crippen LogP contribution in [0.5, 0.6) is 0 Å². The zero-order chi connectivity index (χ0) is 14.7. The van der Waals surface area contributed by atoms with E-state index in [1.165, 1.54) is 17.0 Å². The summed E-state index contributed by atoms with van der Waals surface area (Å²) < 4.78 is 13.8. The number of thiazole rings is 1. The normalized spacial score (nSPS) is 12.2. The maximum Gasteiger partial charge on any atom is 0.335 e. The highest BCUT2D eigenvalue weighted by atomic mass is 32.1. The van der Waals surface area contributed by atoms with Crippen LogP contribution in [0.4, 0.5) is 10.1 Å². The summed E-state index contributed by atoms with van der Waals surface area (Å²) in [6.45, 7) is 3.95. The molecule has 0 aliphatic rings. The number of halogens is 1. The molecule has 0 bridgehead atoms. The van der Waals surface area contributed by atoms with Crippen LogP contribution in [0.25, 0.3) is 0 Å².